The third-order valence-corrected chi connectivity index (χ3v) is 4.76. The zero-order chi connectivity index (χ0) is 16.8. The minimum Gasteiger partial charge on any atom is -0.325 e. The summed E-state index contributed by atoms with van der Waals surface area (Å²) < 4.78 is 0. The predicted molar refractivity (Wildman–Crippen MR) is 97.0 cm³/mol. The van der Waals surface area contributed by atoms with Crippen molar-refractivity contribution in [3.05, 3.63) is 65.2 Å². The van der Waals surface area contributed by atoms with E-state index in [1.165, 1.54) is 18.1 Å². The molecule has 0 aliphatic carbocycles. The van der Waals surface area contributed by atoms with Gasteiger partial charge in [-0.3, -0.25) is 9.59 Å². The highest BCUT2D eigenvalue weighted by Crippen LogP contribution is 2.20. The molecule has 23 heavy (non-hydrogen) atoms. The molecule has 0 heterocycles. The second-order valence-corrected chi connectivity index (χ2v) is 6.89. The number of nitrogens with one attached hydrogen (secondary N) is 1. The smallest absolute Gasteiger partial charge is 0.237 e. The summed E-state index contributed by atoms with van der Waals surface area (Å²) in [6, 6.07) is 15.3. The van der Waals surface area contributed by atoms with Gasteiger partial charge in [0.15, 0.2) is 5.78 Å². The topological polar surface area (TPSA) is 46.2 Å². The lowest BCUT2D eigenvalue weighted by Crippen LogP contribution is -2.22. The standard InChI is InChI=1S/C19H21NO2S/c1-13-4-6-16(7-5-13)12-23-15(3)19(22)20-18-10-8-17(9-11-18)14(2)21/h4-11,15H,12H2,1-3H3,(H,20,22)/t15-/m1/s1. The number of rotatable bonds is 6. The largest absolute Gasteiger partial charge is 0.325 e. The third kappa shape index (κ3) is 5.25. The number of carbonyl (C=O) groups is 2. The van der Waals surface area contributed by atoms with E-state index in [1.807, 2.05) is 6.92 Å². The summed E-state index contributed by atoms with van der Waals surface area (Å²) in [6.07, 6.45) is 0. The van der Waals surface area contributed by atoms with Crippen LogP contribution in [0.3, 0.4) is 0 Å². The van der Waals surface area contributed by atoms with Crippen molar-refractivity contribution in [2.75, 3.05) is 5.32 Å². The minimum absolute atomic E-state index is 0.0184. The van der Waals surface area contributed by atoms with E-state index in [0.717, 1.165) is 5.75 Å². The van der Waals surface area contributed by atoms with E-state index in [2.05, 4.69) is 36.5 Å². The molecule has 0 bridgehead atoms. The van der Waals surface area contributed by atoms with Crippen LogP contribution in [0.4, 0.5) is 5.69 Å². The van der Waals surface area contributed by atoms with Gasteiger partial charge in [0.05, 0.1) is 5.25 Å². The fourth-order valence-electron chi connectivity index (χ4n) is 2.01. The molecule has 1 atom stereocenters. The number of benzene rings is 2. The lowest BCUT2D eigenvalue weighted by atomic mass is 10.1. The van der Waals surface area contributed by atoms with E-state index in [-0.39, 0.29) is 16.9 Å². The fourth-order valence-corrected chi connectivity index (χ4v) is 2.86. The summed E-state index contributed by atoms with van der Waals surface area (Å²) in [4.78, 5) is 23.4. The van der Waals surface area contributed by atoms with Gasteiger partial charge in [0, 0.05) is 17.0 Å². The number of Topliss-reactive ketones (excluding diaryl/α,β-unsaturated/α-hetero) is 1. The quantitative estimate of drug-likeness (QED) is 0.797. The van der Waals surface area contributed by atoms with Gasteiger partial charge in [-0.15, -0.1) is 11.8 Å². The number of ketones is 1. The highest BCUT2D eigenvalue weighted by atomic mass is 32.2. The molecule has 0 unspecified atom stereocenters. The van der Waals surface area contributed by atoms with Gasteiger partial charge in [0.1, 0.15) is 0 Å². The van der Waals surface area contributed by atoms with Crippen LogP contribution in [0.25, 0.3) is 0 Å². The van der Waals surface area contributed by atoms with Crippen LogP contribution >= 0.6 is 11.8 Å². The van der Waals surface area contributed by atoms with Crippen LogP contribution < -0.4 is 5.32 Å². The molecule has 0 radical (unpaired) electrons. The van der Waals surface area contributed by atoms with Crippen LogP contribution in [0.1, 0.15) is 35.3 Å². The molecule has 0 saturated heterocycles. The Morgan fingerprint density at radius 1 is 1.04 bits per heavy atom. The highest BCUT2D eigenvalue weighted by Gasteiger charge is 2.13. The van der Waals surface area contributed by atoms with Crippen molar-refractivity contribution in [3.8, 4) is 0 Å². The molecule has 1 amide bonds. The SMILES string of the molecule is CC(=O)c1ccc(NC(=O)[C@@H](C)SCc2ccc(C)cc2)cc1. The van der Waals surface area contributed by atoms with Crippen LogP contribution in [0.2, 0.25) is 0 Å². The van der Waals surface area contributed by atoms with Crippen molar-refractivity contribution in [1.29, 1.82) is 0 Å². The molecule has 0 aliphatic heterocycles. The van der Waals surface area contributed by atoms with Crippen molar-refractivity contribution in [2.45, 2.75) is 31.8 Å². The number of aryl methyl sites for hydroxylation is 1. The molecule has 0 fully saturated rings. The molecule has 0 spiro atoms. The van der Waals surface area contributed by atoms with Crippen LogP contribution in [0.15, 0.2) is 48.5 Å². The van der Waals surface area contributed by atoms with E-state index in [9.17, 15) is 9.59 Å². The first-order valence-electron chi connectivity index (χ1n) is 7.54. The Hall–Kier alpha value is -2.07. The number of carbonyl (C=O) groups excluding carboxylic acids is 2. The number of amides is 1. The van der Waals surface area contributed by atoms with Crippen molar-refractivity contribution in [2.24, 2.45) is 0 Å². The van der Waals surface area contributed by atoms with E-state index in [4.69, 9.17) is 0 Å². The van der Waals surface area contributed by atoms with Crippen molar-refractivity contribution in [3.63, 3.8) is 0 Å². The zero-order valence-corrected chi connectivity index (χ0v) is 14.4. The summed E-state index contributed by atoms with van der Waals surface area (Å²) in [6.45, 7) is 5.49. The van der Waals surface area contributed by atoms with Crippen molar-refractivity contribution in [1.82, 2.24) is 0 Å². The van der Waals surface area contributed by atoms with E-state index in [0.29, 0.717) is 11.3 Å². The first-order chi connectivity index (χ1) is 11.0. The Kier molecular flexibility index (Phi) is 5.99. The molecule has 3 nitrogen and oxygen atoms in total. The van der Waals surface area contributed by atoms with Crippen LogP contribution in [-0.4, -0.2) is 16.9 Å². The molecular formula is C19H21NO2S. The Balaban J connectivity index is 1.86. The second kappa shape index (κ2) is 7.97. The summed E-state index contributed by atoms with van der Waals surface area (Å²) >= 11 is 1.60. The molecule has 2 aromatic rings. The monoisotopic (exact) mass is 327 g/mol. The molecule has 0 saturated carbocycles. The molecule has 1 N–H and O–H groups in total. The summed E-state index contributed by atoms with van der Waals surface area (Å²) in [5.74, 6) is 0.792. The minimum atomic E-state index is -0.149. The maximum atomic E-state index is 12.2. The first-order valence-corrected chi connectivity index (χ1v) is 8.59. The predicted octanol–water partition coefficient (Wildman–Crippen LogP) is 4.46. The average molecular weight is 327 g/mol. The normalized spacial score (nSPS) is 11.8. The van der Waals surface area contributed by atoms with Crippen molar-refractivity contribution < 1.29 is 9.59 Å². The first kappa shape index (κ1) is 17.3. The lowest BCUT2D eigenvalue weighted by molar-refractivity contribution is -0.115. The molecule has 120 valence electrons. The van der Waals surface area contributed by atoms with E-state index < -0.39 is 0 Å². The third-order valence-electron chi connectivity index (χ3n) is 3.55. The van der Waals surface area contributed by atoms with E-state index in [1.54, 1.807) is 36.0 Å². The molecule has 0 aliphatic rings. The van der Waals surface area contributed by atoms with Gasteiger partial charge in [0.2, 0.25) is 5.91 Å². The molecule has 4 heteroatoms. The van der Waals surface area contributed by atoms with Gasteiger partial charge >= 0.3 is 0 Å². The van der Waals surface area contributed by atoms with Crippen LogP contribution in [0, 0.1) is 6.92 Å². The van der Waals surface area contributed by atoms with Gasteiger partial charge in [-0.1, -0.05) is 29.8 Å². The Morgan fingerprint density at radius 3 is 2.22 bits per heavy atom. The fraction of sp³-hybridized carbons (Fsp3) is 0.263. The summed E-state index contributed by atoms with van der Waals surface area (Å²) in [7, 11) is 0. The van der Waals surface area contributed by atoms with Crippen LogP contribution in [0.5, 0.6) is 0 Å². The second-order valence-electron chi connectivity index (χ2n) is 5.56. The van der Waals surface area contributed by atoms with Gasteiger partial charge in [-0.25, -0.2) is 0 Å². The van der Waals surface area contributed by atoms with Gasteiger partial charge in [-0.05, 0) is 50.6 Å². The van der Waals surface area contributed by atoms with Gasteiger partial charge in [0.25, 0.3) is 0 Å². The summed E-state index contributed by atoms with van der Waals surface area (Å²) in [5, 5.41) is 2.73. The molecular weight excluding hydrogens is 306 g/mol. The van der Waals surface area contributed by atoms with Gasteiger partial charge < -0.3 is 5.32 Å². The van der Waals surface area contributed by atoms with Crippen LogP contribution in [-0.2, 0) is 10.5 Å². The number of thioether (sulfide) groups is 1. The molecule has 0 aromatic heterocycles. The molecule has 2 rings (SSSR count). The Bertz CT molecular complexity index is 678. The lowest BCUT2D eigenvalue weighted by Gasteiger charge is -2.12. The summed E-state index contributed by atoms with van der Waals surface area (Å²) in [5.41, 5.74) is 3.80. The molecule has 2 aromatic carbocycles. The van der Waals surface area contributed by atoms with E-state index >= 15 is 0 Å². The average Bonchev–Trinajstić information content (AvgIpc) is 2.54. The van der Waals surface area contributed by atoms with Gasteiger partial charge in [-0.2, -0.15) is 0 Å². The number of hydrogen-bond donors (Lipinski definition) is 1. The highest BCUT2D eigenvalue weighted by molar-refractivity contribution is 7.99. The maximum absolute atomic E-state index is 12.2. The zero-order valence-electron chi connectivity index (χ0n) is 13.6. The van der Waals surface area contributed by atoms with Crippen molar-refractivity contribution >= 4 is 29.1 Å². The number of anilines is 1. The number of hydrogen-bond acceptors (Lipinski definition) is 3. The Labute approximate surface area is 141 Å². The maximum Gasteiger partial charge on any atom is 0.237 e. The Morgan fingerprint density at radius 2 is 1.65 bits per heavy atom.